The highest BCUT2D eigenvalue weighted by Crippen LogP contribution is 2.17. The monoisotopic (exact) mass is 215 g/mol. The molecule has 3 rings (SSSR count). The van der Waals surface area contributed by atoms with Crippen molar-refractivity contribution in [2.75, 3.05) is 6.54 Å². The number of fused-ring (bicyclic) bond motifs is 1. The van der Waals surface area contributed by atoms with Crippen molar-refractivity contribution >= 4 is 0 Å². The SMILES string of the molecule is Cc1ccn(-c2ncnc3c2CNCC3)n1. The maximum Gasteiger partial charge on any atom is 0.161 e. The van der Waals surface area contributed by atoms with Crippen LogP contribution in [0.4, 0.5) is 0 Å². The minimum Gasteiger partial charge on any atom is -0.312 e. The van der Waals surface area contributed by atoms with Gasteiger partial charge in [0.1, 0.15) is 6.33 Å². The van der Waals surface area contributed by atoms with Crippen LogP contribution in [-0.4, -0.2) is 26.3 Å². The van der Waals surface area contributed by atoms with Crippen molar-refractivity contribution in [3.05, 3.63) is 35.5 Å². The number of hydrogen-bond acceptors (Lipinski definition) is 4. The summed E-state index contributed by atoms with van der Waals surface area (Å²) in [6, 6.07) is 1.98. The molecule has 3 heterocycles. The van der Waals surface area contributed by atoms with Crippen molar-refractivity contribution < 1.29 is 0 Å². The van der Waals surface area contributed by atoms with Gasteiger partial charge in [-0.2, -0.15) is 5.10 Å². The van der Waals surface area contributed by atoms with Crippen LogP contribution in [0.15, 0.2) is 18.6 Å². The Morgan fingerprint density at radius 2 is 2.31 bits per heavy atom. The first-order valence-electron chi connectivity index (χ1n) is 5.41. The van der Waals surface area contributed by atoms with E-state index in [1.54, 1.807) is 6.33 Å². The summed E-state index contributed by atoms with van der Waals surface area (Å²) in [5, 5.41) is 7.72. The number of rotatable bonds is 1. The number of nitrogens with one attached hydrogen (secondary N) is 1. The van der Waals surface area contributed by atoms with Gasteiger partial charge in [0, 0.05) is 31.3 Å². The molecule has 0 saturated heterocycles. The van der Waals surface area contributed by atoms with E-state index < -0.39 is 0 Å². The molecule has 0 aliphatic carbocycles. The zero-order chi connectivity index (χ0) is 11.0. The Labute approximate surface area is 93.5 Å². The summed E-state index contributed by atoms with van der Waals surface area (Å²) in [5.74, 6) is 0.894. The molecule has 0 amide bonds. The lowest BCUT2D eigenvalue weighted by atomic mass is 10.1. The van der Waals surface area contributed by atoms with Crippen molar-refractivity contribution in [3.63, 3.8) is 0 Å². The molecule has 0 radical (unpaired) electrons. The minimum atomic E-state index is 0.824. The van der Waals surface area contributed by atoms with Crippen molar-refractivity contribution in [2.24, 2.45) is 0 Å². The molecule has 0 atom stereocenters. The smallest absolute Gasteiger partial charge is 0.161 e. The maximum absolute atomic E-state index is 4.39. The molecule has 82 valence electrons. The summed E-state index contributed by atoms with van der Waals surface area (Å²) in [6.45, 7) is 3.79. The molecule has 5 nitrogen and oxygen atoms in total. The predicted octanol–water partition coefficient (Wildman–Crippen LogP) is 0.616. The van der Waals surface area contributed by atoms with Crippen LogP contribution in [0, 0.1) is 6.92 Å². The summed E-state index contributed by atoms with van der Waals surface area (Å²) < 4.78 is 1.82. The Balaban J connectivity index is 2.13. The van der Waals surface area contributed by atoms with Gasteiger partial charge in [-0.1, -0.05) is 0 Å². The molecule has 2 aromatic rings. The number of aryl methyl sites for hydroxylation is 1. The van der Waals surface area contributed by atoms with Gasteiger partial charge in [0.05, 0.1) is 11.4 Å². The molecule has 0 bridgehead atoms. The summed E-state index contributed by atoms with van der Waals surface area (Å²) in [4.78, 5) is 8.64. The second-order valence-corrected chi connectivity index (χ2v) is 3.95. The van der Waals surface area contributed by atoms with Gasteiger partial charge < -0.3 is 5.32 Å². The maximum atomic E-state index is 4.39. The normalized spacial score (nSPS) is 14.8. The van der Waals surface area contributed by atoms with E-state index in [-0.39, 0.29) is 0 Å². The molecule has 1 aliphatic heterocycles. The van der Waals surface area contributed by atoms with E-state index in [2.05, 4.69) is 20.4 Å². The lowest BCUT2D eigenvalue weighted by Crippen LogP contribution is -2.26. The molecule has 16 heavy (non-hydrogen) atoms. The molecular weight excluding hydrogens is 202 g/mol. The van der Waals surface area contributed by atoms with E-state index in [0.717, 1.165) is 42.3 Å². The third kappa shape index (κ3) is 1.49. The standard InChI is InChI=1S/C11H13N5/c1-8-3-5-16(15-8)11-9-6-12-4-2-10(9)13-7-14-11/h3,5,7,12H,2,4,6H2,1H3. The van der Waals surface area contributed by atoms with E-state index in [9.17, 15) is 0 Å². The lowest BCUT2D eigenvalue weighted by molar-refractivity contribution is 0.615. The fourth-order valence-electron chi connectivity index (χ4n) is 1.99. The van der Waals surface area contributed by atoms with Crippen LogP contribution in [0.3, 0.4) is 0 Å². The molecule has 0 aromatic carbocycles. The van der Waals surface area contributed by atoms with E-state index in [4.69, 9.17) is 0 Å². The molecule has 1 aliphatic rings. The molecule has 2 aromatic heterocycles. The van der Waals surface area contributed by atoms with Gasteiger partial charge in [-0.05, 0) is 13.0 Å². The van der Waals surface area contributed by atoms with Crippen molar-refractivity contribution in [1.29, 1.82) is 0 Å². The number of hydrogen-bond donors (Lipinski definition) is 1. The van der Waals surface area contributed by atoms with Gasteiger partial charge in [0.2, 0.25) is 0 Å². The van der Waals surface area contributed by atoms with E-state index in [1.165, 1.54) is 0 Å². The third-order valence-electron chi connectivity index (χ3n) is 2.79. The number of aromatic nitrogens is 4. The van der Waals surface area contributed by atoms with Gasteiger partial charge in [-0.15, -0.1) is 0 Å². The van der Waals surface area contributed by atoms with Crippen molar-refractivity contribution in [1.82, 2.24) is 25.1 Å². The first kappa shape index (κ1) is 9.47. The Hall–Kier alpha value is -1.75. The Kier molecular flexibility index (Phi) is 2.18. The fourth-order valence-corrected chi connectivity index (χ4v) is 1.99. The molecular formula is C11H13N5. The van der Waals surface area contributed by atoms with Crippen LogP contribution in [0.1, 0.15) is 17.0 Å². The van der Waals surface area contributed by atoms with Crippen LogP contribution in [0.2, 0.25) is 0 Å². The Bertz CT molecular complexity index is 517. The predicted molar refractivity (Wildman–Crippen MR) is 59.3 cm³/mol. The van der Waals surface area contributed by atoms with Gasteiger partial charge in [0.25, 0.3) is 0 Å². The third-order valence-corrected chi connectivity index (χ3v) is 2.79. The summed E-state index contributed by atoms with van der Waals surface area (Å²) in [6.07, 6.45) is 4.52. The van der Waals surface area contributed by atoms with E-state index in [0.29, 0.717) is 0 Å². The molecule has 0 unspecified atom stereocenters. The highest BCUT2D eigenvalue weighted by Gasteiger charge is 2.16. The van der Waals surface area contributed by atoms with Crippen LogP contribution in [0.5, 0.6) is 0 Å². The minimum absolute atomic E-state index is 0.824. The summed E-state index contributed by atoms with van der Waals surface area (Å²) in [7, 11) is 0. The second kappa shape index (κ2) is 3.68. The van der Waals surface area contributed by atoms with Crippen LogP contribution >= 0.6 is 0 Å². The van der Waals surface area contributed by atoms with Gasteiger partial charge >= 0.3 is 0 Å². The van der Waals surface area contributed by atoms with Crippen molar-refractivity contribution in [2.45, 2.75) is 19.9 Å². The first-order chi connectivity index (χ1) is 7.84. The fraction of sp³-hybridized carbons (Fsp3) is 0.364. The zero-order valence-corrected chi connectivity index (χ0v) is 9.14. The first-order valence-corrected chi connectivity index (χ1v) is 5.41. The molecule has 0 spiro atoms. The van der Waals surface area contributed by atoms with Gasteiger partial charge in [-0.3, -0.25) is 0 Å². The highest BCUT2D eigenvalue weighted by atomic mass is 15.3. The van der Waals surface area contributed by atoms with E-state index in [1.807, 2.05) is 23.9 Å². The summed E-state index contributed by atoms with van der Waals surface area (Å²) in [5.41, 5.74) is 3.30. The summed E-state index contributed by atoms with van der Waals surface area (Å²) >= 11 is 0. The highest BCUT2D eigenvalue weighted by molar-refractivity contribution is 5.37. The molecule has 0 fully saturated rings. The van der Waals surface area contributed by atoms with Gasteiger partial charge in [0.15, 0.2) is 5.82 Å². The average Bonchev–Trinajstić information content (AvgIpc) is 2.75. The van der Waals surface area contributed by atoms with E-state index >= 15 is 0 Å². The van der Waals surface area contributed by atoms with Crippen molar-refractivity contribution in [3.8, 4) is 5.82 Å². The molecule has 0 saturated carbocycles. The zero-order valence-electron chi connectivity index (χ0n) is 9.14. The molecule has 1 N–H and O–H groups in total. The Morgan fingerprint density at radius 3 is 3.12 bits per heavy atom. The largest absolute Gasteiger partial charge is 0.312 e. The molecule has 5 heteroatoms. The Morgan fingerprint density at radius 1 is 1.38 bits per heavy atom. The topological polar surface area (TPSA) is 55.6 Å². The van der Waals surface area contributed by atoms with Crippen LogP contribution < -0.4 is 5.32 Å². The number of nitrogens with zero attached hydrogens (tertiary/aromatic N) is 4. The quantitative estimate of drug-likeness (QED) is 0.757. The van der Waals surface area contributed by atoms with Gasteiger partial charge in [-0.25, -0.2) is 14.6 Å². The second-order valence-electron chi connectivity index (χ2n) is 3.95. The lowest BCUT2D eigenvalue weighted by Gasteiger charge is -2.18. The average molecular weight is 215 g/mol. The van der Waals surface area contributed by atoms with Crippen LogP contribution in [-0.2, 0) is 13.0 Å². The van der Waals surface area contributed by atoms with Crippen LogP contribution in [0.25, 0.3) is 5.82 Å².